The molecular formula is C21H52. The largest absolute Gasteiger partial charge is 0.0776 e. The van der Waals surface area contributed by atoms with E-state index < -0.39 is 0 Å². The third kappa shape index (κ3) is 45.0. The van der Waals surface area contributed by atoms with Gasteiger partial charge in [0, 0.05) is 0 Å². The summed E-state index contributed by atoms with van der Waals surface area (Å²) in [7, 11) is 0. The molecule has 1 aliphatic rings. The van der Waals surface area contributed by atoms with Crippen LogP contribution >= 0.6 is 0 Å². The first kappa shape index (κ1) is 32.8. The Morgan fingerprint density at radius 1 is 0.810 bits per heavy atom. The summed E-state index contributed by atoms with van der Waals surface area (Å²) in [6.45, 7) is 21.2. The number of hydrogen-bond acceptors (Lipinski definition) is 0. The Bertz CT molecular complexity index is 98.6. The molecule has 0 aromatic heterocycles. The van der Waals surface area contributed by atoms with Gasteiger partial charge in [0.25, 0.3) is 0 Å². The molecule has 21 heavy (non-hydrogen) atoms. The van der Waals surface area contributed by atoms with E-state index >= 15 is 0 Å². The van der Waals surface area contributed by atoms with Gasteiger partial charge in [-0.05, 0) is 11.8 Å². The van der Waals surface area contributed by atoms with Crippen molar-refractivity contribution >= 4 is 0 Å². The molecule has 0 bridgehead atoms. The van der Waals surface area contributed by atoms with Crippen molar-refractivity contribution in [3.63, 3.8) is 0 Å². The standard InChI is InChI=1S/C8H18.C6H12.3C2H6.CH4/c1-4-5-6-7-8(2)3;1-6-4-2-3-5-6;3*1-2;/h8H,4-7H2,1-3H3;6H,2-5H2,1H3;3*1-2H3;1H4. The molecule has 0 heterocycles. The lowest BCUT2D eigenvalue weighted by molar-refractivity contribution is 0.534. The predicted octanol–water partition coefficient (Wildman–Crippen LogP) is 9.13. The highest BCUT2D eigenvalue weighted by Gasteiger charge is 2.07. The molecule has 1 saturated carbocycles. The van der Waals surface area contributed by atoms with Crippen molar-refractivity contribution in [3.8, 4) is 0 Å². The van der Waals surface area contributed by atoms with Crippen LogP contribution in [0.25, 0.3) is 0 Å². The molecule has 0 heteroatoms. The number of unbranched alkanes of at least 4 members (excludes halogenated alkanes) is 2. The van der Waals surface area contributed by atoms with Gasteiger partial charge in [0.15, 0.2) is 0 Å². The maximum Gasteiger partial charge on any atom is -0.0443 e. The van der Waals surface area contributed by atoms with Crippen molar-refractivity contribution in [2.45, 2.75) is 128 Å². The molecule has 0 aromatic rings. The van der Waals surface area contributed by atoms with E-state index in [1.165, 1.54) is 51.4 Å². The highest BCUT2D eigenvalue weighted by atomic mass is 14.1. The van der Waals surface area contributed by atoms with Gasteiger partial charge in [0.2, 0.25) is 0 Å². The Labute approximate surface area is 140 Å². The summed E-state index contributed by atoms with van der Waals surface area (Å²) >= 11 is 0. The van der Waals surface area contributed by atoms with Crippen LogP contribution in [0, 0.1) is 11.8 Å². The molecule has 0 N–H and O–H groups in total. The van der Waals surface area contributed by atoms with Crippen molar-refractivity contribution in [2.24, 2.45) is 11.8 Å². The highest BCUT2D eigenvalue weighted by Crippen LogP contribution is 2.22. The van der Waals surface area contributed by atoms with Gasteiger partial charge >= 0.3 is 0 Å². The van der Waals surface area contributed by atoms with Gasteiger partial charge in [-0.25, -0.2) is 0 Å². The van der Waals surface area contributed by atoms with E-state index in [1.54, 1.807) is 0 Å². The van der Waals surface area contributed by atoms with Crippen LogP contribution in [0.2, 0.25) is 0 Å². The molecule has 0 saturated heterocycles. The Morgan fingerprint density at radius 2 is 1.19 bits per heavy atom. The third-order valence-corrected chi connectivity index (χ3v) is 3.03. The van der Waals surface area contributed by atoms with Crippen molar-refractivity contribution < 1.29 is 0 Å². The molecule has 0 amide bonds. The fraction of sp³-hybridized carbons (Fsp3) is 1.00. The molecule has 136 valence electrons. The first-order valence-corrected chi connectivity index (χ1v) is 9.66. The third-order valence-electron chi connectivity index (χ3n) is 3.03. The Kier molecular flexibility index (Phi) is 57.6. The zero-order valence-corrected chi connectivity index (χ0v) is 16.8. The minimum absolute atomic E-state index is 0. The fourth-order valence-corrected chi connectivity index (χ4v) is 1.93. The lowest BCUT2D eigenvalue weighted by atomic mass is 10.1. The molecule has 0 nitrogen and oxygen atoms in total. The van der Waals surface area contributed by atoms with Crippen LogP contribution < -0.4 is 0 Å². The summed E-state index contributed by atoms with van der Waals surface area (Å²) in [5.74, 6) is 1.95. The smallest absolute Gasteiger partial charge is 0.0443 e. The van der Waals surface area contributed by atoms with Crippen molar-refractivity contribution in [2.75, 3.05) is 0 Å². The lowest BCUT2D eigenvalue weighted by Gasteiger charge is -2.00. The van der Waals surface area contributed by atoms with Gasteiger partial charge in [-0.3, -0.25) is 0 Å². The van der Waals surface area contributed by atoms with E-state index in [0.29, 0.717) is 0 Å². The van der Waals surface area contributed by atoms with Crippen LogP contribution in [0.5, 0.6) is 0 Å². The maximum atomic E-state index is 2.34. The number of hydrogen-bond donors (Lipinski definition) is 0. The fourth-order valence-electron chi connectivity index (χ4n) is 1.93. The average Bonchev–Trinajstić information content (AvgIpc) is 2.97. The zero-order valence-electron chi connectivity index (χ0n) is 16.8. The number of rotatable bonds is 4. The molecule has 0 radical (unpaired) electrons. The molecule has 0 spiro atoms. The summed E-state index contributed by atoms with van der Waals surface area (Å²) in [4.78, 5) is 0. The van der Waals surface area contributed by atoms with Gasteiger partial charge in [-0.1, -0.05) is 128 Å². The molecule has 0 aliphatic heterocycles. The van der Waals surface area contributed by atoms with E-state index in [9.17, 15) is 0 Å². The van der Waals surface area contributed by atoms with Gasteiger partial charge in [-0.2, -0.15) is 0 Å². The van der Waals surface area contributed by atoms with E-state index in [0.717, 1.165) is 11.8 Å². The van der Waals surface area contributed by atoms with Crippen LogP contribution in [0.3, 0.4) is 0 Å². The first-order chi connectivity index (χ1) is 9.66. The molecule has 1 fully saturated rings. The van der Waals surface area contributed by atoms with Crippen LogP contribution in [-0.2, 0) is 0 Å². The Morgan fingerprint density at radius 3 is 1.38 bits per heavy atom. The van der Waals surface area contributed by atoms with Gasteiger partial charge in [0.1, 0.15) is 0 Å². The van der Waals surface area contributed by atoms with Crippen LogP contribution in [0.15, 0.2) is 0 Å². The molecule has 0 atom stereocenters. The molecular weight excluding hydrogens is 252 g/mol. The molecule has 1 aliphatic carbocycles. The Hall–Kier alpha value is 0. The van der Waals surface area contributed by atoms with Crippen LogP contribution in [0.1, 0.15) is 128 Å². The zero-order chi connectivity index (χ0) is 16.8. The summed E-state index contributed by atoms with van der Waals surface area (Å²) in [5.41, 5.74) is 0. The summed E-state index contributed by atoms with van der Waals surface area (Å²) in [6, 6.07) is 0. The summed E-state index contributed by atoms with van der Waals surface area (Å²) in [5, 5.41) is 0. The second kappa shape index (κ2) is 36.8. The predicted molar refractivity (Wildman–Crippen MR) is 107 cm³/mol. The average molecular weight is 305 g/mol. The Balaban J connectivity index is -0.0000000585. The first-order valence-electron chi connectivity index (χ1n) is 9.66. The van der Waals surface area contributed by atoms with E-state index in [-0.39, 0.29) is 7.43 Å². The van der Waals surface area contributed by atoms with Crippen LogP contribution in [0.4, 0.5) is 0 Å². The van der Waals surface area contributed by atoms with E-state index in [2.05, 4.69) is 27.7 Å². The molecule has 1 rings (SSSR count). The normalized spacial score (nSPS) is 12.1. The van der Waals surface area contributed by atoms with Crippen molar-refractivity contribution in [1.29, 1.82) is 0 Å². The topological polar surface area (TPSA) is 0 Å². The maximum absolute atomic E-state index is 2.34. The quantitative estimate of drug-likeness (QED) is 0.454. The van der Waals surface area contributed by atoms with Crippen molar-refractivity contribution in [3.05, 3.63) is 0 Å². The van der Waals surface area contributed by atoms with Crippen molar-refractivity contribution in [1.82, 2.24) is 0 Å². The minimum Gasteiger partial charge on any atom is -0.0776 e. The second-order valence-corrected chi connectivity index (χ2v) is 5.28. The lowest BCUT2D eigenvalue weighted by Crippen LogP contribution is -1.85. The van der Waals surface area contributed by atoms with E-state index in [4.69, 9.17) is 0 Å². The van der Waals surface area contributed by atoms with E-state index in [1.807, 2.05) is 41.5 Å². The van der Waals surface area contributed by atoms with Gasteiger partial charge in [-0.15, -0.1) is 0 Å². The van der Waals surface area contributed by atoms with Gasteiger partial charge < -0.3 is 0 Å². The summed E-state index contributed by atoms with van der Waals surface area (Å²) in [6.07, 6.45) is 11.6. The SMILES string of the molecule is C.CC.CC.CC.CC1CCCC1.CCCCCC(C)C. The minimum atomic E-state index is 0. The molecule has 0 aromatic carbocycles. The van der Waals surface area contributed by atoms with Crippen LogP contribution in [-0.4, -0.2) is 0 Å². The molecule has 0 unspecified atom stereocenters. The second-order valence-electron chi connectivity index (χ2n) is 5.28. The highest BCUT2D eigenvalue weighted by molar-refractivity contribution is 4.60. The summed E-state index contributed by atoms with van der Waals surface area (Å²) < 4.78 is 0. The van der Waals surface area contributed by atoms with Gasteiger partial charge in [0.05, 0.1) is 0 Å². The monoisotopic (exact) mass is 304 g/mol.